The van der Waals surface area contributed by atoms with Gasteiger partial charge in [-0.3, -0.25) is 14.4 Å². The lowest BCUT2D eigenvalue weighted by Gasteiger charge is -2.29. The van der Waals surface area contributed by atoms with E-state index in [0.717, 1.165) is 24.1 Å². The summed E-state index contributed by atoms with van der Waals surface area (Å²) < 4.78 is 1.62. The van der Waals surface area contributed by atoms with Crippen LogP contribution in [0.1, 0.15) is 75.6 Å². The van der Waals surface area contributed by atoms with E-state index in [1.807, 2.05) is 25.4 Å². The topological polar surface area (TPSA) is 98.3 Å². The molecule has 2 aromatic heterocycles. The van der Waals surface area contributed by atoms with E-state index in [-0.39, 0.29) is 29.0 Å². The third-order valence-corrected chi connectivity index (χ3v) is 6.04. The highest BCUT2D eigenvalue weighted by molar-refractivity contribution is 7.11. The van der Waals surface area contributed by atoms with Crippen LogP contribution in [0.4, 0.5) is 0 Å². The van der Waals surface area contributed by atoms with Gasteiger partial charge < -0.3 is 15.2 Å². The minimum Gasteiger partial charge on any atom is -0.365 e. The van der Waals surface area contributed by atoms with Crippen LogP contribution >= 0.6 is 11.3 Å². The molecule has 0 bridgehead atoms. The molecule has 0 unspecified atom stereocenters. The first-order valence-corrected chi connectivity index (χ1v) is 10.1. The van der Waals surface area contributed by atoms with E-state index in [2.05, 4.69) is 4.98 Å². The molecule has 4 rings (SSSR count). The molecule has 1 aliphatic carbocycles. The quantitative estimate of drug-likeness (QED) is 0.869. The van der Waals surface area contributed by atoms with Crippen molar-refractivity contribution in [3.63, 3.8) is 0 Å². The van der Waals surface area contributed by atoms with Crippen LogP contribution in [0.5, 0.6) is 0 Å². The summed E-state index contributed by atoms with van der Waals surface area (Å²) in [6.07, 6.45) is 4.11. The van der Waals surface area contributed by atoms with Crippen molar-refractivity contribution in [3.8, 4) is 0 Å². The number of nitrogens with two attached hydrogens (primary N) is 1. The third kappa shape index (κ3) is 3.18. The van der Waals surface area contributed by atoms with Gasteiger partial charge in [0.15, 0.2) is 5.01 Å². The van der Waals surface area contributed by atoms with E-state index in [1.54, 1.807) is 9.47 Å². The fourth-order valence-electron chi connectivity index (χ4n) is 3.51. The normalized spacial score (nSPS) is 16.5. The zero-order valence-corrected chi connectivity index (χ0v) is 16.2. The Morgan fingerprint density at radius 3 is 2.67 bits per heavy atom. The first-order chi connectivity index (χ1) is 12.9. The summed E-state index contributed by atoms with van der Waals surface area (Å²) in [4.78, 5) is 43.6. The smallest absolute Gasteiger partial charge is 0.283 e. The molecule has 27 heavy (non-hydrogen) atoms. The van der Waals surface area contributed by atoms with Crippen LogP contribution in [-0.2, 0) is 13.0 Å². The van der Waals surface area contributed by atoms with Gasteiger partial charge in [-0.2, -0.15) is 0 Å². The van der Waals surface area contributed by atoms with Crippen molar-refractivity contribution in [1.82, 2.24) is 14.5 Å². The molecule has 0 radical (unpaired) electrons. The van der Waals surface area contributed by atoms with Crippen molar-refractivity contribution < 1.29 is 9.59 Å². The highest BCUT2D eigenvalue weighted by atomic mass is 32.1. The maximum absolute atomic E-state index is 12.9. The van der Waals surface area contributed by atoms with Gasteiger partial charge in [-0.25, -0.2) is 4.98 Å². The van der Waals surface area contributed by atoms with Gasteiger partial charge in [-0.15, -0.1) is 11.3 Å². The van der Waals surface area contributed by atoms with Crippen LogP contribution < -0.4 is 11.3 Å². The van der Waals surface area contributed by atoms with Gasteiger partial charge in [0.1, 0.15) is 5.56 Å². The maximum atomic E-state index is 12.9. The standard InChI is InChI=1S/C19H22N4O3S/c1-10(2)14-9-27-17(21-14)19(26)22-6-5-13-11(7-22)8-23(12-3-4-12)18(25)15(13)16(20)24/h8-10,12H,3-7H2,1-2H3,(H2,20,24). The molecular formula is C19H22N4O3S. The summed E-state index contributed by atoms with van der Waals surface area (Å²) in [6.45, 7) is 4.89. The van der Waals surface area contributed by atoms with Crippen LogP contribution in [0.2, 0.25) is 0 Å². The number of hydrogen-bond acceptors (Lipinski definition) is 5. The molecule has 1 fully saturated rings. The SMILES string of the molecule is CC(C)c1csc(C(=O)N2CCc3c(cn(C4CC4)c(=O)c3C(N)=O)C2)n1. The third-order valence-electron chi connectivity index (χ3n) is 5.20. The van der Waals surface area contributed by atoms with E-state index in [9.17, 15) is 14.4 Å². The van der Waals surface area contributed by atoms with Crippen molar-refractivity contribution in [2.45, 2.75) is 51.6 Å². The molecule has 8 heteroatoms. The molecule has 1 aliphatic heterocycles. The first kappa shape index (κ1) is 17.9. The van der Waals surface area contributed by atoms with Crippen LogP contribution in [0, 0.1) is 0 Å². The fraction of sp³-hybridized carbons (Fsp3) is 0.474. The number of nitrogens with zero attached hydrogens (tertiary/aromatic N) is 3. The Kier molecular flexibility index (Phi) is 4.38. The molecular weight excluding hydrogens is 364 g/mol. The number of rotatable bonds is 4. The van der Waals surface area contributed by atoms with Crippen LogP contribution in [0.3, 0.4) is 0 Å². The summed E-state index contributed by atoms with van der Waals surface area (Å²) >= 11 is 1.36. The average molecular weight is 386 g/mol. The number of primary amides is 1. The predicted octanol–water partition coefficient (Wildman–Crippen LogP) is 2.06. The van der Waals surface area contributed by atoms with Crippen LogP contribution in [0.25, 0.3) is 0 Å². The lowest BCUT2D eigenvalue weighted by atomic mass is 9.96. The number of hydrogen-bond donors (Lipinski definition) is 1. The largest absolute Gasteiger partial charge is 0.365 e. The zero-order chi connectivity index (χ0) is 19.3. The summed E-state index contributed by atoms with van der Waals surface area (Å²) in [6, 6.07) is 0.138. The molecule has 0 saturated heterocycles. The molecule has 142 valence electrons. The first-order valence-electron chi connectivity index (χ1n) is 9.18. The maximum Gasteiger partial charge on any atom is 0.283 e. The summed E-state index contributed by atoms with van der Waals surface area (Å²) in [5.74, 6) is -0.522. The molecule has 0 atom stereocenters. The molecule has 2 aromatic rings. The number of carbonyl (C=O) groups excluding carboxylic acids is 2. The lowest BCUT2D eigenvalue weighted by Crippen LogP contribution is -2.40. The van der Waals surface area contributed by atoms with Gasteiger partial charge in [-0.05, 0) is 36.3 Å². The lowest BCUT2D eigenvalue weighted by molar-refractivity contribution is 0.0733. The number of pyridine rings is 1. The fourth-order valence-corrected chi connectivity index (χ4v) is 4.46. The summed E-state index contributed by atoms with van der Waals surface area (Å²) in [5, 5.41) is 2.40. The second-order valence-electron chi connectivity index (χ2n) is 7.52. The molecule has 1 saturated carbocycles. The zero-order valence-electron chi connectivity index (χ0n) is 15.4. The molecule has 7 nitrogen and oxygen atoms in total. The van der Waals surface area contributed by atoms with E-state index in [1.165, 1.54) is 11.3 Å². The van der Waals surface area contributed by atoms with Crippen molar-refractivity contribution in [3.05, 3.63) is 49.3 Å². The van der Waals surface area contributed by atoms with Gasteiger partial charge in [0, 0.05) is 30.7 Å². The molecule has 0 spiro atoms. The Balaban J connectivity index is 1.67. The Bertz CT molecular complexity index is 987. The average Bonchev–Trinajstić information content (AvgIpc) is 3.35. The highest BCUT2D eigenvalue weighted by Gasteiger charge is 2.32. The van der Waals surface area contributed by atoms with Gasteiger partial charge in [0.25, 0.3) is 17.4 Å². The van der Waals surface area contributed by atoms with Crippen molar-refractivity contribution >= 4 is 23.2 Å². The number of amides is 2. The minimum absolute atomic E-state index is 0.0860. The van der Waals surface area contributed by atoms with Crippen molar-refractivity contribution in [2.24, 2.45) is 5.73 Å². The van der Waals surface area contributed by atoms with E-state index in [0.29, 0.717) is 30.1 Å². The number of thiazole rings is 1. The van der Waals surface area contributed by atoms with Crippen molar-refractivity contribution in [2.75, 3.05) is 6.54 Å². The van der Waals surface area contributed by atoms with Gasteiger partial charge in [-0.1, -0.05) is 13.8 Å². The van der Waals surface area contributed by atoms with Gasteiger partial charge in [0.05, 0.1) is 5.69 Å². The highest BCUT2D eigenvalue weighted by Crippen LogP contribution is 2.35. The van der Waals surface area contributed by atoms with E-state index in [4.69, 9.17) is 5.73 Å². The summed E-state index contributed by atoms with van der Waals surface area (Å²) in [5.41, 5.74) is 7.72. The van der Waals surface area contributed by atoms with Crippen LogP contribution in [-0.4, -0.2) is 32.8 Å². The van der Waals surface area contributed by atoms with E-state index >= 15 is 0 Å². The second kappa shape index (κ2) is 6.60. The number of aromatic nitrogens is 2. The molecule has 3 heterocycles. The Hall–Kier alpha value is -2.48. The predicted molar refractivity (Wildman–Crippen MR) is 102 cm³/mol. The number of fused-ring (bicyclic) bond motifs is 1. The number of carbonyl (C=O) groups is 2. The van der Waals surface area contributed by atoms with Crippen molar-refractivity contribution in [1.29, 1.82) is 0 Å². The molecule has 2 amide bonds. The van der Waals surface area contributed by atoms with E-state index < -0.39 is 5.91 Å². The molecule has 2 aliphatic rings. The molecule has 0 aromatic carbocycles. The minimum atomic E-state index is -0.687. The van der Waals surface area contributed by atoms with Crippen LogP contribution in [0.15, 0.2) is 16.4 Å². The Morgan fingerprint density at radius 2 is 2.07 bits per heavy atom. The van der Waals surface area contributed by atoms with Gasteiger partial charge in [0.2, 0.25) is 0 Å². The second-order valence-corrected chi connectivity index (χ2v) is 8.38. The monoisotopic (exact) mass is 386 g/mol. The Labute approximate surface area is 160 Å². The summed E-state index contributed by atoms with van der Waals surface area (Å²) in [7, 11) is 0. The molecule has 2 N–H and O–H groups in total. The van der Waals surface area contributed by atoms with Gasteiger partial charge >= 0.3 is 0 Å². The Morgan fingerprint density at radius 1 is 1.33 bits per heavy atom.